The molecule has 168 valence electrons. The fraction of sp³-hybridized carbons (Fsp3) is 0.0741. The zero-order valence-electron chi connectivity index (χ0n) is 18.4. The van der Waals surface area contributed by atoms with Gasteiger partial charge in [-0.15, -0.1) is 11.3 Å². The van der Waals surface area contributed by atoms with E-state index < -0.39 is 0 Å². The maximum atomic E-state index is 12.6. The SMILES string of the molecule is Cc1ccc(-c2csc(NC(=O)CSc3nc(-c4ccccc4)c(-c4ccccc4)o3)n2)cc1. The molecule has 2 heterocycles. The molecule has 7 heteroatoms. The maximum absolute atomic E-state index is 12.6. The van der Waals surface area contributed by atoms with Crippen molar-refractivity contribution in [1.29, 1.82) is 0 Å². The summed E-state index contributed by atoms with van der Waals surface area (Å²) in [5, 5.41) is 5.84. The number of carbonyl (C=O) groups is 1. The second-order valence-corrected chi connectivity index (χ2v) is 9.42. The average molecular weight is 484 g/mol. The van der Waals surface area contributed by atoms with Crippen LogP contribution in [0.25, 0.3) is 33.8 Å². The summed E-state index contributed by atoms with van der Waals surface area (Å²) in [6, 6.07) is 27.9. The van der Waals surface area contributed by atoms with Crippen LogP contribution in [0.15, 0.2) is 99.9 Å². The maximum Gasteiger partial charge on any atom is 0.257 e. The van der Waals surface area contributed by atoms with Gasteiger partial charge in [0.15, 0.2) is 10.9 Å². The summed E-state index contributed by atoms with van der Waals surface area (Å²) in [4.78, 5) is 21.8. The van der Waals surface area contributed by atoms with E-state index >= 15 is 0 Å². The van der Waals surface area contributed by atoms with Crippen molar-refractivity contribution < 1.29 is 9.21 Å². The predicted molar refractivity (Wildman–Crippen MR) is 139 cm³/mol. The van der Waals surface area contributed by atoms with E-state index in [0.29, 0.717) is 16.1 Å². The van der Waals surface area contributed by atoms with E-state index in [-0.39, 0.29) is 11.7 Å². The van der Waals surface area contributed by atoms with E-state index in [1.54, 1.807) is 0 Å². The summed E-state index contributed by atoms with van der Waals surface area (Å²) >= 11 is 2.67. The van der Waals surface area contributed by atoms with E-state index in [2.05, 4.69) is 15.3 Å². The van der Waals surface area contributed by atoms with Crippen LogP contribution in [0.4, 0.5) is 5.13 Å². The molecule has 0 bridgehead atoms. The fourth-order valence-corrected chi connectivity index (χ4v) is 4.77. The lowest BCUT2D eigenvalue weighted by atomic mass is 10.1. The number of hydrogen-bond acceptors (Lipinski definition) is 6. The number of hydrogen-bond donors (Lipinski definition) is 1. The molecule has 0 saturated heterocycles. The Labute approximate surface area is 205 Å². The molecule has 1 N–H and O–H groups in total. The van der Waals surface area contributed by atoms with Crippen LogP contribution in [-0.4, -0.2) is 21.6 Å². The molecule has 0 saturated carbocycles. The van der Waals surface area contributed by atoms with Gasteiger partial charge in [0.25, 0.3) is 5.22 Å². The van der Waals surface area contributed by atoms with Gasteiger partial charge in [-0.05, 0) is 6.92 Å². The molecule has 3 aromatic carbocycles. The van der Waals surface area contributed by atoms with E-state index in [1.807, 2.05) is 97.2 Å². The molecule has 0 atom stereocenters. The van der Waals surface area contributed by atoms with Crippen molar-refractivity contribution in [3.63, 3.8) is 0 Å². The number of aromatic nitrogens is 2. The molecule has 5 nitrogen and oxygen atoms in total. The smallest absolute Gasteiger partial charge is 0.257 e. The highest BCUT2D eigenvalue weighted by Gasteiger charge is 2.18. The summed E-state index contributed by atoms with van der Waals surface area (Å²) in [6.07, 6.45) is 0. The fourth-order valence-electron chi connectivity index (χ4n) is 3.41. The van der Waals surface area contributed by atoms with Gasteiger partial charge in [0, 0.05) is 22.1 Å². The van der Waals surface area contributed by atoms with Crippen LogP contribution in [0.1, 0.15) is 5.56 Å². The van der Waals surface area contributed by atoms with Crippen LogP contribution >= 0.6 is 23.1 Å². The lowest BCUT2D eigenvalue weighted by Crippen LogP contribution is -2.13. The van der Waals surface area contributed by atoms with Crippen LogP contribution in [0, 0.1) is 6.92 Å². The Bertz CT molecular complexity index is 1340. The first kappa shape index (κ1) is 22.1. The van der Waals surface area contributed by atoms with Gasteiger partial charge in [-0.3, -0.25) is 4.79 Å². The summed E-state index contributed by atoms with van der Waals surface area (Å²) in [6.45, 7) is 2.05. The minimum Gasteiger partial charge on any atom is -0.431 e. The molecule has 0 aliphatic rings. The van der Waals surface area contributed by atoms with Gasteiger partial charge in [0.1, 0.15) is 5.69 Å². The second-order valence-electron chi connectivity index (χ2n) is 7.63. The quantitative estimate of drug-likeness (QED) is 0.249. The third-order valence-electron chi connectivity index (χ3n) is 5.12. The number of aryl methyl sites for hydroxylation is 1. The average Bonchev–Trinajstić information content (AvgIpc) is 3.52. The van der Waals surface area contributed by atoms with Gasteiger partial charge in [-0.1, -0.05) is 102 Å². The number of thioether (sulfide) groups is 1. The van der Waals surface area contributed by atoms with Crippen molar-refractivity contribution in [2.45, 2.75) is 12.1 Å². The largest absolute Gasteiger partial charge is 0.431 e. The van der Waals surface area contributed by atoms with Gasteiger partial charge >= 0.3 is 0 Å². The molecule has 0 fully saturated rings. The van der Waals surface area contributed by atoms with Crippen molar-refractivity contribution >= 4 is 34.1 Å². The number of oxazole rings is 1. The summed E-state index contributed by atoms with van der Waals surface area (Å²) in [5.41, 5.74) is 5.74. The molecule has 0 unspecified atom stereocenters. The van der Waals surface area contributed by atoms with Crippen LogP contribution in [0.3, 0.4) is 0 Å². The van der Waals surface area contributed by atoms with Gasteiger partial charge in [0.2, 0.25) is 5.91 Å². The number of benzene rings is 3. The number of nitrogens with zero attached hydrogens (tertiary/aromatic N) is 2. The molecule has 5 aromatic rings. The first-order chi connectivity index (χ1) is 16.7. The second kappa shape index (κ2) is 10.1. The molecule has 34 heavy (non-hydrogen) atoms. The molecular weight excluding hydrogens is 462 g/mol. The molecular formula is C27H21N3O2S2. The summed E-state index contributed by atoms with van der Waals surface area (Å²) in [7, 11) is 0. The Morgan fingerprint density at radius 3 is 2.26 bits per heavy atom. The van der Waals surface area contributed by atoms with E-state index in [1.165, 1.54) is 28.7 Å². The molecule has 1 amide bonds. The minimum atomic E-state index is -0.157. The van der Waals surface area contributed by atoms with Crippen molar-refractivity contribution in [3.8, 4) is 33.8 Å². The van der Waals surface area contributed by atoms with Gasteiger partial charge in [-0.25, -0.2) is 9.97 Å². The highest BCUT2D eigenvalue weighted by Crippen LogP contribution is 2.35. The van der Waals surface area contributed by atoms with Gasteiger partial charge < -0.3 is 9.73 Å². The molecule has 0 aliphatic carbocycles. The van der Waals surface area contributed by atoms with Crippen LogP contribution < -0.4 is 5.32 Å². The van der Waals surface area contributed by atoms with E-state index in [4.69, 9.17) is 4.42 Å². The zero-order valence-corrected chi connectivity index (χ0v) is 20.0. The number of thiazole rings is 1. The molecule has 0 radical (unpaired) electrons. The minimum absolute atomic E-state index is 0.157. The van der Waals surface area contributed by atoms with Gasteiger partial charge in [-0.2, -0.15) is 0 Å². The Morgan fingerprint density at radius 2 is 1.56 bits per heavy atom. The normalized spacial score (nSPS) is 10.9. The third kappa shape index (κ3) is 5.11. The number of anilines is 1. The Kier molecular flexibility index (Phi) is 6.56. The van der Waals surface area contributed by atoms with Crippen molar-refractivity contribution in [1.82, 2.24) is 9.97 Å². The predicted octanol–water partition coefficient (Wildman–Crippen LogP) is 7.17. The number of rotatable bonds is 7. The third-order valence-corrected chi connectivity index (χ3v) is 6.70. The molecule has 2 aromatic heterocycles. The molecule has 0 spiro atoms. The standard InChI is InChI=1S/C27H21N3O2S2/c1-18-12-14-19(15-13-18)22-16-33-26(28-22)29-23(31)17-34-27-30-24(20-8-4-2-5-9-20)25(32-27)21-10-6-3-7-11-21/h2-16H,17H2,1H3,(H,28,29,31). The first-order valence-corrected chi connectivity index (χ1v) is 12.6. The molecule has 5 rings (SSSR count). The lowest BCUT2D eigenvalue weighted by Gasteiger charge is -2.01. The molecule has 0 aliphatic heterocycles. The first-order valence-electron chi connectivity index (χ1n) is 10.7. The monoisotopic (exact) mass is 483 g/mol. The van der Waals surface area contributed by atoms with Gasteiger partial charge in [0.05, 0.1) is 11.4 Å². The van der Waals surface area contributed by atoms with E-state index in [0.717, 1.165) is 28.1 Å². The summed E-state index contributed by atoms with van der Waals surface area (Å²) < 4.78 is 6.09. The Balaban J connectivity index is 1.28. The van der Waals surface area contributed by atoms with Crippen molar-refractivity contribution in [3.05, 3.63) is 95.9 Å². The van der Waals surface area contributed by atoms with Crippen LogP contribution in [0.5, 0.6) is 0 Å². The van der Waals surface area contributed by atoms with Crippen molar-refractivity contribution in [2.75, 3.05) is 11.1 Å². The summed E-state index contributed by atoms with van der Waals surface area (Å²) in [5.74, 6) is 0.704. The van der Waals surface area contributed by atoms with Crippen LogP contribution in [-0.2, 0) is 4.79 Å². The number of carbonyl (C=O) groups excluding carboxylic acids is 1. The Hall–Kier alpha value is -3.68. The van der Waals surface area contributed by atoms with Crippen LogP contribution in [0.2, 0.25) is 0 Å². The number of amides is 1. The zero-order chi connectivity index (χ0) is 23.3. The Morgan fingerprint density at radius 1 is 0.882 bits per heavy atom. The van der Waals surface area contributed by atoms with Crippen molar-refractivity contribution in [2.24, 2.45) is 0 Å². The highest BCUT2D eigenvalue weighted by molar-refractivity contribution is 7.99. The topological polar surface area (TPSA) is 68.0 Å². The highest BCUT2D eigenvalue weighted by atomic mass is 32.2. The van der Waals surface area contributed by atoms with E-state index in [9.17, 15) is 4.79 Å². The number of nitrogens with one attached hydrogen (secondary N) is 1. The lowest BCUT2D eigenvalue weighted by molar-refractivity contribution is -0.113.